The third-order valence-electron chi connectivity index (χ3n) is 4.22. The molecule has 90 valence electrons. The Balaban J connectivity index is 1.83. The van der Waals surface area contributed by atoms with Gasteiger partial charge in [-0.1, -0.05) is 12.1 Å². The molecule has 2 saturated heterocycles. The van der Waals surface area contributed by atoms with Crippen LogP contribution in [-0.4, -0.2) is 11.9 Å². The van der Waals surface area contributed by atoms with E-state index in [0.29, 0.717) is 6.04 Å². The van der Waals surface area contributed by atoms with Gasteiger partial charge in [-0.15, -0.1) is 0 Å². The van der Waals surface area contributed by atoms with Crippen LogP contribution in [0, 0.1) is 11.2 Å². The molecule has 1 amide bonds. The van der Waals surface area contributed by atoms with E-state index in [1.165, 1.54) is 12.1 Å². The highest BCUT2D eigenvalue weighted by Gasteiger charge is 2.46. The average molecular weight is 233 g/mol. The summed E-state index contributed by atoms with van der Waals surface area (Å²) in [5, 5.41) is 3.08. The molecule has 3 fully saturated rings. The van der Waals surface area contributed by atoms with E-state index < -0.39 is 0 Å². The maximum absolute atomic E-state index is 12.8. The van der Waals surface area contributed by atoms with Crippen molar-refractivity contribution in [1.82, 2.24) is 5.32 Å². The molecule has 1 aromatic carbocycles. The Morgan fingerprint density at radius 1 is 1.24 bits per heavy atom. The fraction of sp³-hybridized carbons (Fsp3) is 0.500. The lowest BCUT2D eigenvalue weighted by atomic mass is 9.65. The maximum Gasteiger partial charge on any atom is 0.226 e. The molecule has 0 atom stereocenters. The number of rotatable bonds is 2. The van der Waals surface area contributed by atoms with E-state index in [0.717, 1.165) is 37.7 Å². The van der Waals surface area contributed by atoms with Gasteiger partial charge in [0.2, 0.25) is 5.91 Å². The molecule has 2 bridgehead atoms. The predicted molar refractivity (Wildman–Crippen MR) is 62.9 cm³/mol. The zero-order chi connectivity index (χ0) is 11.9. The van der Waals surface area contributed by atoms with Crippen molar-refractivity contribution in [3.63, 3.8) is 0 Å². The van der Waals surface area contributed by atoms with E-state index in [-0.39, 0.29) is 17.1 Å². The van der Waals surface area contributed by atoms with E-state index in [1.54, 1.807) is 12.1 Å². The molecule has 3 heteroatoms. The van der Waals surface area contributed by atoms with Crippen LogP contribution in [0.4, 0.5) is 4.39 Å². The minimum atomic E-state index is -0.230. The Kier molecular flexibility index (Phi) is 2.42. The summed E-state index contributed by atoms with van der Waals surface area (Å²) in [5.74, 6) is -0.0209. The number of fused-ring (bicyclic) bond motifs is 3. The van der Waals surface area contributed by atoms with Crippen LogP contribution in [-0.2, 0) is 11.2 Å². The number of carbonyl (C=O) groups excluding carboxylic acids is 1. The fourth-order valence-electron chi connectivity index (χ4n) is 3.13. The topological polar surface area (TPSA) is 29.1 Å². The highest BCUT2D eigenvalue weighted by molar-refractivity contribution is 5.85. The second kappa shape index (κ2) is 3.83. The zero-order valence-electron chi connectivity index (χ0n) is 9.71. The van der Waals surface area contributed by atoms with Gasteiger partial charge in [0, 0.05) is 6.04 Å². The zero-order valence-corrected chi connectivity index (χ0v) is 9.71. The van der Waals surface area contributed by atoms with Crippen LogP contribution in [0.5, 0.6) is 0 Å². The van der Waals surface area contributed by atoms with Crippen molar-refractivity contribution in [1.29, 1.82) is 0 Å². The van der Waals surface area contributed by atoms with Gasteiger partial charge >= 0.3 is 0 Å². The summed E-state index contributed by atoms with van der Waals surface area (Å²) in [6, 6.07) is 6.92. The lowest BCUT2D eigenvalue weighted by Gasteiger charge is -2.45. The molecule has 2 nitrogen and oxygen atoms in total. The highest BCUT2D eigenvalue weighted by atomic mass is 19.1. The molecular weight excluding hydrogens is 217 g/mol. The summed E-state index contributed by atoms with van der Waals surface area (Å²) >= 11 is 0. The van der Waals surface area contributed by atoms with Crippen molar-refractivity contribution in [2.45, 2.75) is 38.1 Å². The normalized spacial score (nSPS) is 31.4. The van der Waals surface area contributed by atoms with E-state index in [4.69, 9.17) is 0 Å². The van der Waals surface area contributed by atoms with E-state index in [1.807, 2.05) is 0 Å². The standard InChI is InChI=1S/C14H16FNO/c15-11-3-1-10(2-4-11)9-14-7-5-12(6-8-14)16-13(14)17/h1-4,12H,5-9H2,(H,16,17). The molecule has 0 unspecified atom stereocenters. The highest BCUT2D eigenvalue weighted by Crippen LogP contribution is 2.43. The summed E-state index contributed by atoms with van der Waals surface area (Å²) in [7, 11) is 0. The van der Waals surface area contributed by atoms with Crippen LogP contribution < -0.4 is 5.32 Å². The molecule has 0 aromatic heterocycles. The van der Waals surface area contributed by atoms with Crippen LogP contribution in [0.25, 0.3) is 0 Å². The molecule has 1 aliphatic carbocycles. The third-order valence-corrected chi connectivity index (χ3v) is 4.22. The minimum Gasteiger partial charge on any atom is -0.353 e. The molecule has 3 aliphatic rings. The largest absolute Gasteiger partial charge is 0.353 e. The number of nitrogens with one attached hydrogen (secondary N) is 1. The molecule has 2 aliphatic heterocycles. The van der Waals surface area contributed by atoms with Crippen LogP contribution in [0.15, 0.2) is 24.3 Å². The van der Waals surface area contributed by atoms with E-state index in [9.17, 15) is 9.18 Å². The Bertz CT molecular complexity index is 432. The van der Waals surface area contributed by atoms with E-state index in [2.05, 4.69) is 5.32 Å². The Morgan fingerprint density at radius 3 is 2.47 bits per heavy atom. The van der Waals surface area contributed by atoms with Gasteiger partial charge in [-0.05, 0) is 49.8 Å². The Labute approximate surface area is 100 Å². The molecule has 2 heterocycles. The molecule has 0 radical (unpaired) electrons. The predicted octanol–water partition coefficient (Wildman–Crippen LogP) is 2.43. The quantitative estimate of drug-likeness (QED) is 0.835. The summed E-state index contributed by atoms with van der Waals surface area (Å²) < 4.78 is 12.8. The molecule has 1 saturated carbocycles. The van der Waals surface area contributed by atoms with Gasteiger partial charge in [-0.25, -0.2) is 4.39 Å². The molecule has 1 N–H and O–H groups in total. The summed E-state index contributed by atoms with van der Waals surface area (Å²) in [5.41, 5.74) is 0.828. The average Bonchev–Trinajstić information content (AvgIpc) is 2.34. The second-order valence-electron chi connectivity index (χ2n) is 5.33. The lowest BCUT2D eigenvalue weighted by molar-refractivity contribution is -0.139. The van der Waals surface area contributed by atoms with Gasteiger partial charge in [0.1, 0.15) is 5.82 Å². The molecule has 17 heavy (non-hydrogen) atoms. The number of halogens is 1. The molecule has 1 aromatic rings. The Morgan fingerprint density at radius 2 is 1.88 bits per heavy atom. The fourth-order valence-corrected chi connectivity index (χ4v) is 3.13. The van der Waals surface area contributed by atoms with Gasteiger partial charge in [-0.3, -0.25) is 4.79 Å². The first kappa shape index (κ1) is 10.8. The first-order chi connectivity index (χ1) is 8.18. The molecule has 0 spiro atoms. The first-order valence-corrected chi connectivity index (χ1v) is 6.23. The number of amides is 1. The minimum absolute atomic E-state index is 0.198. The Hall–Kier alpha value is -1.38. The number of hydrogen-bond acceptors (Lipinski definition) is 1. The second-order valence-corrected chi connectivity index (χ2v) is 5.33. The van der Waals surface area contributed by atoms with Gasteiger partial charge < -0.3 is 5.32 Å². The summed E-state index contributed by atoms with van der Waals surface area (Å²) in [6.45, 7) is 0. The van der Waals surface area contributed by atoms with Crippen molar-refractivity contribution in [3.8, 4) is 0 Å². The SMILES string of the molecule is O=C1NC2CCC1(Cc1ccc(F)cc1)CC2. The number of hydrogen-bond donors (Lipinski definition) is 1. The molecule has 4 rings (SSSR count). The van der Waals surface area contributed by atoms with Crippen LogP contribution >= 0.6 is 0 Å². The smallest absolute Gasteiger partial charge is 0.226 e. The number of carbonyl (C=O) groups is 1. The van der Waals surface area contributed by atoms with Gasteiger partial charge in [0.05, 0.1) is 5.41 Å². The van der Waals surface area contributed by atoms with Crippen molar-refractivity contribution < 1.29 is 9.18 Å². The number of benzene rings is 1. The van der Waals surface area contributed by atoms with Crippen LogP contribution in [0.1, 0.15) is 31.2 Å². The van der Waals surface area contributed by atoms with Crippen LogP contribution in [0.3, 0.4) is 0 Å². The van der Waals surface area contributed by atoms with Crippen molar-refractivity contribution in [2.24, 2.45) is 5.41 Å². The van der Waals surface area contributed by atoms with Crippen molar-refractivity contribution >= 4 is 5.91 Å². The van der Waals surface area contributed by atoms with Gasteiger partial charge in [0.25, 0.3) is 0 Å². The van der Waals surface area contributed by atoms with Crippen molar-refractivity contribution in [2.75, 3.05) is 0 Å². The summed E-state index contributed by atoms with van der Waals surface area (Å²) in [6.07, 6.45) is 4.87. The molecular formula is C14H16FNO. The van der Waals surface area contributed by atoms with Crippen molar-refractivity contribution in [3.05, 3.63) is 35.6 Å². The van der Waals surface area contributed by atoms with Gasteiger partial charge in [-0.2, -0.15) is 0 Å². The van der Waals surface area contributed by atoms with Gasteiger partial charge in [0.15, 0.2) is 0 Å². The van der Waals surface area contributed by atoms with E-state index >= 15 is 0 Å². The van der Waals surface area contributed by atoms with Crippen LogP contribution in [0.2, 0.25) is 0 Å². The lowest BCUT2D eigenvalue weighted by Crippen LogP contribution is -2.56. The number of piperidine rings is 2. The first-order valence-electron chi connectivity index (χ1n) is 6.23. The maximum atomic E-state index is 12.8. The monoisotopic (exact) mass is 233 g/mol. The third kappa shape index (κ3) is 1.84. The summed E-state index contributed by atoms with van der Waals surface area (Å²) in [4.78, 5) is 12.1.